The normalized spacial score (nSPS) is 11.7. The van der Waals surface area contributed by atoms with Gasteiger partial charge in [-0.1, -0.05) is 115 Å². The molecule has 0 spiro atoms. The van der Waals surface area contributed by atoms with Gasteiger partial charge in [-0.05, 0) is 146 Å². The van der Waals surface area contributed by atoms with Gasteiger partial charge in [-0.3, -0.25) is 0 Å². The highest BCUT2D eigenvalue weighted by Gasteiger charge is 2.27. The van der Waals surface area contributed by atoms with Crippen LogP contribution in [0, 0.1) is 0 Å². The van der Waals surface area contributed by atoms with Crippen molar-refractivity contribution in [1.29, 1.82) is 0 Å². The first-order chi connectivity index (χ1) is 30.6. The smallest absolute Gasteiger partial charge is 0.119 e. The minimum Gasteiger partial charge on any atom is -0.508 e. The zero-order chi connectivity index (χ0) is 43.6. The fourth-order valence-corrected chi connectivity index (χ4v) is 8.37. The molecular formula is C56H42O7. The van der Waals surface area contributed by atoms with Crippen LogP contribution in [0.25, 0.3) is 44.5 Å². The number of benzene rings is 9. The molecule has 0 aliphatic rings. The van der Waals surface area contributed by atoms with Crippen molar-refractivity contribution in [1.82, 2.24) is 0 Å². The Bertz CT molecular complexity index is 2950. The van der Waals surface area contributed by atoms with Gasteiger partial charge in [-0.15, -0.1) is 0 Å². The Balaban J connectivity index is 1.21. The summed E-state index contributed by atoms with van der Waals surface area (Å²) < 4.78 is 0. The number of hydrogen-bond donors (Lipinski definition) is 7. The van der Waals surface area contributed by atoms with Gasteiger partial charge < -0.3 is 35.7 Å². The summed E-state index contributed by atoms with van der Waals surface area (Å²) in [6, 6.07) is 59.9. The van der Waals surface area contributed by atoms with E-state index in [-0.39, 0.29) is 40.2 Å². The van der Waals surface area contributed by atoms with Gasteiger partial charge in [0.1, 0.15) is 40.2 Å². The molecule has 7 N–H and O–H groups in total. The van der Waals surface area contributed by atoms with Crippen molar-refractivity contribution in [2.24, 2.45) is 0 Å². The second-order valence-corrected chi connectivity index (χ2v) is 15.7. The van der Waals surface area contributed by atoms with Gasteiger partial charge in [-0.2, -0.15) is 0 Å². The average Bonchev–Trinajstić information content (AvgIpc) is 3.30. The molecule has 0 aliphatic heterocycles. The first-order valence-electron chi connectivity index (χ1n) is 20.4. The first kappa shape index (κ1) is 40.0. The fraction of sp³-hybridized carbons (Fsp3) is 0.0357. The third-order valence-electron chi connectivity index (χ3n) is 11.6. The molecule has 0 radical (unpaired) electrons. The van der Waals surface area contributed by atoms with Crippen LogP contribution in [0.15, 0.2) is 200 Å². The lowest BCUT2D eigenvalue weighted by Crippen LogP contribution is -2.08. The molecule has 0 aliphatic carbocycles. The van der Waals surface area contributed by atoms with Crippen LogP contribution in [0.4, 0.5) is 0 Å². The standard InChI is InChI=1S/C56H42O7/c57-45-19-8-34(9-20-45)40-2-1-3-44(30-40)55(49-31-41(16-27-52(49)61)35-10-21-46(58)22-11-35)38-4-6-39(7-5-38)56(50-32-42(17-28-53(50)62)36-12-23-47(59)24-13-36)51-33-43(18-29-54(51)63)37-14-25-48(60)26-15-37/h1-33,55-63H. The number of hydrogen-bond acceptors (Lipinski definition) is 7. The van der Waals surface area contributed by atoms with Crippen LogP contribution in [0.3, 0.4) is 0 Å². The predicted octanol–water partition coefficient (Wildman–Crippen LogP) is 12.7. The maximum Gasteiger partial charge on any atom is 0.119 e. The Morgan fingerprint density at radius 3 is 0.857 bits per heavy atom. The van der Waals surface area contributed by atoms with E-state index in [4.69, 9.17) is 0 Å². The summed E-state index contributed by atoms with van der Waals surface area (Å²) >= 11 is 0. The first-order valence-corrected chi connectivity index (χ1v) is 20.4. The minimum absolute atomic E-state index is 0.0286. The second-order valence-electron chi connectivity index (χ2n) is 15.7. The van der Waals surface area contributed by atoms with Gasteiger partial charge in [0, 0.05) is 28.5 Å². The molecule has 0 amide bonds. The van der Waals surface area contributed by atoms with Crippen LogP contribution in [-0.2, 0) is 0 Å². The third kappa shape index (κ3) is 8.36. The van der Waals surface area contributed by atoms with Gasteiger partial charge in [-0.25, -0.2) is 0 Å². The zero-order valence-corrected chi connectivity index (χ0v) is 33.8. The molecule has 9 aromatic carbocycles. The molecule has 0 fully saturated rings. The van der Waals surface area contributed by atoms with E-state index in [2.05, 4.69) is 6.07 Å². The van der Waals surface area contributed by atoms with Crippen molar-refractivity contribution in [3.63, 3.8) is 0 Å². The summed E-state index contributed by atoms with van der Waals surface area (Å²) in [5.74, 6) is -0.383. The summed E-state index contributed by atoms with van der Waals surface area (Å²) in [4.78, 5) is 0. The highest BCUT2D eigenvalue weighted by atomic mass is 16.3. The molecule has 63 heavy (non-hydrogen) atoms. The molecule has 0 saturated heterocycles. The molecule has 9 aromatic rings. The summed E-state index contributed by atoms with van der Waals surface area (Å²) in [5.41, 5.74) is 11.1. The zero-order valence-electron chi connectivity index (χ0n) is 33.8. The molecule has 7 nitrogen and oxygen atoms in total. The molecule has 0 heterocycles. The molecule has 9 rings (SSSR count). The van der Waals surface area contributed by atoms with E-state index in [0.29, 0.717) is 16.7 Å². The van der Waals surface area contributed by atoms with Crippen LogP contribution < -0.4 is 0 Å². The highest BCUT2D eigenvalue weighted by Crippen LogP contribution is 2.46. The molecular weight excluding hydrogens is 785 g/mol. The van der Waals surface area contributed by atoms with E-state index < -0.39 is 11.8 Å². The Morgan fingerprint density at radius 1 is 0.222 bits per heavy atom. The SMILES string of the molecule is Oc1ccc(-c2cccc(C(c3ccc(C(c4cc(-c5ccc(O)cc5)ccc4O)c4cc(-c5ccc(O)cc5)ccc4O)cc3)c3cc(-c4ccc(O)cc4)ccc3O)c2)cc1. The van der Waals surface area contributed by atoms with Crippen molar-refractivity contribution < 1.29 is 35.7 Å². The van der Waals surface area contributed by atoms with Gasteiger partial charge in [0.25, 0.3) is 0 Å². The number of phenols is 7. The van der Waals surface area contributed by atoms with E-state index >= 15 is 0 Å². The summed E-state index contributed by atoms with van der Waals surface area (Å²) in [7, 11) is 0. The lowest BCUT2D eigenvalue weighted by atomic mass is 9.79. The van der Waals surface area contributed by atoms with Crippen molar-refractivity contribution in [3.05, 3.63) is 234 Å². The van der Waals surface area contributed by atoms with Crippen molar-refractivity contribution in [2.75, 3.05) is 0 Å². The largest absolute Gasteiger partial charge is 0.508 e. The predicted molar refractivity (Wildman–Crippen MR) is 247 cm³/mol. The van der Waals surface area contributed by atoms with Crippen molar-refractivity contribution in [2.45, 2.75) is 11.8 Å². The molecule has 308 valence electrons. The van der Waals surface area contributed by atoms with Gasteiger partial charge in [0.15, 0.2) is 0 Å². The van der Waals surface area contributed by atoms with Crippen LogP contribution in [0.2, 0.25) is 0 Å². The minimum atomic E-state index is -0.671. The molecule has 7 heteroatoms. The average molecular weight is 827 g/mol. The van der Waals surface area contributed by atoms with Crippen LogP contribution >= 0.6 is 0 Å². The lowest BCUT2D eigenvalue weighted by Gasteiger charge is -2.25. The Hall–Kier alpha value is -8.42. The Morgan fingerprint density at radius 2 is 0.508 bits per heavy atom. The summed E-state index contributed by atoms with van der Waals surface area (Å²) in [5, 5.41) is 75.0. The fourth-order valence-electron chi connectivity index (χ4n) is 8.37. The molecule has 1 unspecified atom stereocenters. The summed E-state index contributed by atoms with van der Waals surface area (Å²) in [6.07, 6.45) is 0. The van der Waals surface area contributed by atoms with E-state index in [1.807, 2.05) is 103 Å². The van der Waals surface area contributed by atoms with Crippen molar-refractivity contribution >= 4 is 0 Å². The van der Waals surface area contributed by atoms with E-state index in [9.17, 15) is 35.7 Å². The van der Waals surface area contributed by atoms with E-state index in [1.54, 1.807) is 91.0 Å². The summed E-state index contributed by atoms with van der Waals surface area (Å²) in [6.45, 7) is 0. The van der Waals surface area contributed by atoms with Crippen LogP contribution in [-0.4, -0.2) is 35.7 Å². The monoisotopic (exact) mass is 826 g/mol. The number of rotatable bonds is 10. The number of aromatic hydroxyl groups is 7. The lowest BCUT2D eigenvalue weighted by molar-refractivity contribution is 0.458. The maximum atomic E-state index is 11.7. The Kier molecular flexibility index (Phi) is 10.7. The van der Waals surface area contributed by atoms with E-state index in [1.165, 1.54) is 0 Å². The molecule has 0 aromatic heterocycles. The quantitative estimate of drug-likeness (QED) is 0.0681. The molecule has 0 bridgehead atoms. The highest BCUT2D eigenvalue weighted by molar-refractivity contribution is 5.73. The van der Waals surface area contributed by atoms with Gasteiger partial charge in [0.05, 0.1) is 0 Å². The Labute approximate surface area is 364 Å². The molecule has 0 saturated carbocycles. The molecule has 1 atom stereocenters. The van der Waals surface area contributed by atoms with Gasteiger partial charge >= 0.3 is 0 Å². The maximum absolute atomic E-state index is 11.7. The van der Waals surface area contributed by atoms with Gasteiger partial charge in [0.2, 0.25) is 0 Å². The topological polar surface area (TPSA) is 142 Å². The van der Waals surface area contributed by atoms with Crippen molar-refractivity contribution in [3.8, 4) is 84.8 Å². The van der Waals surface area contributed by atoms with Crippen LogP contribution in [0.5, 0.6) is 40.2 Å². The van der Waals surface area contributed by atoms with E-state index in [0.717, 1.165) is 61.2 Å². The second kappa shape index (κ2) is 16.9. The number of phenolic OH excluding ortho intramolecular Hbond substituents is 7. The van der Waals surface area contributed by atoms with Crippen LogP contribution in [0.1, 0.15) is 45.2 Å². The third-order valence-corrected chi connectivity index (χ3v) is 11.6.